The molecule has 0 radical (unpaired) electrons. The molecule has 2 aromatic carbocycles. The number of phenolic OH excluding ortho intramolecular Hbond substituents is 3. The molecule has 6 N–H and O–H groups in total. The lowest BCUT2D eigenvalue weighted by atomic mass is 9.98. The van der Waals surface area contributed by atoms with Gasteiger partial charge < -0.3 is 49.3 Å². The lowest BCUT2D eigenvalue weighted by Crippen LogP contribution is -2.61. The second-order valence-electron chi connectivity index (χ2n) is 7.52. The molecule has 5 atom stereocenters. The van der Waals surface area contributed by atoms with Crippen molar-refractivity contribution < 1.29 is 54.1 Å². The molecular weight excluding hydrogens is 456 g/mol. The Morgan fingerprint density at radius 2 is 1.65 bits per heavy atom. The van der Waals surface area contributed by atoms with Crippen molar-refractivity contribution in [1.29, 1.82) is 0 Å². The number of ether oxygens (including phenoxy) is 3. The number of hydrogen-bond acceptors (Lipinski definition) is 12. The monoisotopic (exact) mass is 476 g/mol. The zero-order valence-electron chi connectivity index (χ0n) is 17.5. The van der Waals surface area contributed by atoms with Crippen LogP contribution in [0.3, 0.4) is 0 Å². The number of carbonyl (C=O) groups is 1. The summed E-state index contributed by atoms with van der Waals surface area (Å²) in [7, 11) is 1.12. The van der Waals surface area contributed by atoms with Crippen molar-refractivity contribution in [2.75, 3.05) is 7.11 Å². The van der Waals surface area contributed by atoms with Gasteiger partial charge in [0, 0.05) is 24.8 Å². The van der Waals surface area contributed by atoms with E-state index in [0.717, 1.165) is 19.2 Å². The molecule has 5 unspecified atom stereocenters. The number of aromatic hydroxyl groups is 3. The molecule has 34 heavy (non-hydrogen) atoms. The number of phenols is 3. The zero-order valence-corrected chi connectivity index (χ0v) is 17.5. The van der Waals surface area contributed by atoms with Gasteiger partial charge >= 0.3 is 5.97 Å². The van der Waals surface area contributed by atoms with E-state index in [2.05, 4.69) is 0 Å². The Kier molecular flexibility index (Phi) is 6.17. The predicted octanol–water partition coefficient (Wildman–Crippen LogP) is -0.0638. The Balaban J connectivity index is 1.84. The first-order chi connectivity index (χ1) is 16.1. The topological polar surface area (TPSA) is 196 Å². The van der Waals surface area contributed by atoms with Crippen LogP contribution in [0.1, 0.15) is 0 Å². The molecule has 0 aliphatic carbocycles. The largest absolute Gasteiger partial charge is 0.508 e. The molecule has 1 saturated heterocycles. The number of hydrogen-bond donors (Lipinski definition) is 6. The van der Waals surface area contributed by atoms with Gasteiger partial charge in [0.05, 0.1) is 0 Å². The first-order valence-electron chi connectivity index (χ1n) is 9.88. The minimum Gasteiger partial charge on any atom is -0.508 e. The van der Waals surface area contributed by atoms with Crippen LogP contribution < -0.4 is 10.2 Å². The maximum absolute atomic E-state index is 13.2. The average Bonchev–Trinajstić information content (AvgIpc) is 2.79. The molecule has 1 aromatic heterocycles. The molecule has 0 spiro atoms. The van der Waals surface area contributed by atoms with E-state index in [-0.39, 0.29) is 22.7 Å². The van der Waals surface area contributed by atoms with Crippen LogP contribution in [-0.4, -0.2) is 74.4 Å². The summed E-state index contributed by atoms with van der Waals surface area (Å²) in [4.78, 5) is 26.2. The normalized spacial score (nSPS) is 24.8. The fourth-order valence-electron chi connectivity index (χ4n) is 3.63. The predicted molar refractivity (Wildman–Crippen MR) is 112 cm³/mol. The molecule has 2 heterocycles. The van der Waals surface area contributed by atoms with Crippen LogP contribution in [0.15, 0.2) is 45.6 Å². The van der Waals surface area contributed by atoms with Gasteiger partial charge in [-0.1, -0.05) is 0 Å². The highest BCUT2D eigenvalue weighted by molar-refractivity contribution is 5.90. The summed E-state index contributed by atoms with van der Waals surface area (Å²) in [6, 6.07) is 7.25. The summed E-state index contributed by atoms with van der Waals surface area (Å²) in [5, 5.41) is 58.8. The second-order valence-corrected chi connectivity index (χ2v) is 7.52. The van der Waals surface area contributed by atoms with Crippen molar-refractivity contribution in [1.82, 2.24) is 0 Å². The van der Waals surface area contributed by atoms with Crippen molar-refractivity contribution in [2.24, 2.45) is 0 Å². The Morgan fingerprint density at radius 1 is 0.971 bits per heavy atom. The Labute approximate surface area is 190 Å². The van der Waals surface area contributed by atoms with Crippen LogP contribution in [-0.2, 0) is 14.3 Å². The van der Waals surface area contributed by atoms with E-state index in [1.807, 2.05) is 0 Å². The Hall–Kier alpha value is -3.68. The van der Waals surface area contributed by atoms with E-state index < -0.39 is 64.7 Å². The van der Waals surface area contributed by atoms with Crippen LogP contribution >= 0.6 is 0 Å². The molecule has 1 aliphatic heterocycles. The smallest absolute Gasteiger partial charge is 0.343 e. The van der Waals surface area contributed by atoms with Crippen molar-refractivity contribution >= 4 is 16.9 Å². The summed E-state index contributed by atoms with van der Waals surface area (Å²) in [5.74, 6) is -3.38. The Bertz CT molecular complexity index is 1280. The van der Waals surface area contributed by atoms with Crippen molar-refractivity contribution in [2.45, 2.75) is 30.7 Å². The third-order valence-electron chi connectivity index (χ3n) is 5.32. The number of aliphatic hydroxyl groups is 3. The molecule has 1 fully saturated rings. The first kappa shape index (κ1) is 23.5. The summed E-state index contributed by atoms with van der Waals surface area (Å²) in [6.45, 7) is 0. The van der Waals surface area contributed by atoms with E-state index in [0.29, 0.717) is 0 Å². The van der Waals surface area contributed by atoms with E-state index in [9.17, 15) is 40.2 Å². The van der Waals surface area contributed by atoms with Gasteiger partial charge in [-0.2, -0.15) is 0 Å². The van der Waals surface area contributed by atoms with Crippen LogP contribution in [0.4, 0.5) is 0 Å². The van der Waals surface area contributed by atoms with Crippen molar-refractivity contribution in [3.63, 3.8) is 0 Å². The number of esters is 1. The minimum absolute atomic E-state index is 0.0965. The summed E-state index contributed by atoms with van der Waals surface area (Å²) in [5.41, 5.74) is -1.02. The number of fused-ring (bicyclic) bond motifs is 1. The fourth-order valence-corrected chi connectivity index (χ4v) is 3.63. The standard InChI is InChI=1S/C22H20O12/c1-31-18-15(27)16(28)21(29)34-20(18)22(30)33-19-14(26)13-11(25)6-10(24)7-12(13)32-17(19)8-2-4-9(23)5-3-8/h2-7,15-16,18,20-21,23-25,27-29H,1H3. The summed E-state index contributed by atoms with van der Waals surface area (Å²) in [6.07, 6.45) is -8.65. The van der Waals surface area contributed by atoms with Crippen molar-refractivity contribution in [3.05, 3.63) is 46.6 Å². The number of carbonyl (C=O) groups excluding carboxylic acids is 1. The third-order valence-corrected chi connectivity index (χ3v) is 5.32. The number of methoxy groups -OCH3 is 1. The van der Waals surface area contributed by atoms with Gasteiger partial charge in [0.1, 0.15) is 46.5 Å². The molecule has 0 amide bonds. The molecule has 1 aliphatic rings. The highest BCUT2D eigenvalue weighted by Crippen LogP contribution is 2.36. The van der Waals surface area contributed by atoms with Gasteiger partial charge in [-0.15, -0.1) is 0 Å². The van der Waals surface area contributed by atoms with Gasteiger partial charge in [0.2, 0.25) is 11.2 Å². The number of rotatable bonds is 4. The van der Waals surface area contributed by atoms with Gasteiger partial charge in [0.15, 0.2) is 18.2 Å². The number of aliphatic hydroxyl groups excluding tert-OH is 3. The van der Waals surface area contributed by atoms with Crippen LogP contribution in [0.2, 0.25) is 0 Å². The van der Waals surface area contributed by atoms with E-state index in [4.69, 9.17) is 18.6 Å². The van der Waals surface area contributed by atoms with Gasteiger partial charge in [-0.25, -0.2) is 4.79 Å². The second kappa shape index (κ2) is 8.93. The summed E-state index contributed by atoms with van der Waals surface area (Å²) >= 11 is 0. The molecule has 12 nitrogen and oxygen atoms in total. The summed E-state index contributed by atoms with van der Waals surface area (Å²) < 4.78 is 21.0. The quantitative estimate of drug-likeness (QED) is 0.275. The molecule has 180 valence electrons. The lowest BCUT2D eigenvalue weighted by Gasteiger charge is -2.38. The molecule has 3 aromatic rings. The minimum atomic E-state index is -1.95. The van der Waals surface area contributed by atoms with Crippen LogP contribution in [0, 0.1) is 0 Å². The van der Waals surface area contributed by atoms with Gasteiger partial charge in [-0.3, -0.25) is 4.79 Å². The maximum atomic E-state index is 13.2. The lowest BCUT2D eigenvalue weighted by molar-refractivity contribution is -0.282. The zero-order chi connectivity index (χ0) is 24.7. The van der Waals surface area contributed by atoms with Gasteiger partial charge in [-0.05, 0) is 24.3 Å². The third kappa shape index (κ3) is 4.04. The molecule has 4 rings (SSSR count). The van der Waals surface area contributed by atoms with Crippen molar-refractivity contribution in [3.8, 4) is 34.3 Å². The van der Waals surface area contributed by atoms with Crippen LogP contribution in [0.5, 0.6) is 23.0 Å². The molecular formula is C22H20O12. The van der Waals surface area contributed by atoms with E-state index in [1.54, 1.807) is 0 Å². The van der Waals surface area contributed by atoms with Gasteiger partial charge in [0.25, 0.3) is 0 Å². The number of benzene rings is 2. The first-order valence-corrected chi connectivity index (χ1v) is 9.88. The fraction of sp³-hybridized carbons (Fsp3) is 0.273. The molecule has 0 bridgehead atoms. The van der Waals surface area contributed by atoms with E-state index in [1.165, 1.54) is 24.3 Å². The van der Waals surface area contributed by atoms with E-state index >= 15 is 0 Å². The molecule has 0 saturated carbocycles. The Morgan fingerprint density at radius 3 is 2.29 bits per heavy atom. The highest BCUT2D eigenvalue weighted by Gasteiger charge is 2.48. The average molecular weight is 476 g/mol. The highest BCUT2D eigenvalue weighted by atomic mass is 16.7. The SMILES string of the molecule is COC1C(C(=O)Oc2c(-c3ccc(O)cc3)oc3cc(O)cc(O)c3c2=O)OC(O)C(O)C1O. The molecule has 12 heteroatoms. The van der Waals surface area contributed by atoms with Crippen LogP contribution in [0.25, 0.3) is 22.3 Å². The maximum Gasteiger partial charge on any atom is 0.343 e.